The molecule has 1 amide bonds. The summed E-state index contributed by atoms with van der Waals surface area (Å²) in [6.07, 6.45) is 1.28. The molecule has 0 heterocycles. The molecule has 1 rings (SSSR count). The van der Waals surface area contributed by atoms with Crippen LogP contribution in [0, 0.1) is 11.8 Å². The molecule has 0 fully saturated rings. The van der Waals surface area contributed by atoms with Gasteiger partial charge in [0.25, 0.3) is 0 Å². The Morgan fingerprint density at radius 2 is 1.81 bits per heavy atom. The molecule has 0 bridgehead atoms. The van der Waals surface area contributed by atoms with Gasteiger partial charge in [0.2, 0.25) is 5.91 Å². The molecule has 0 aliphatic carbocycles. The zero-order valence-corrected chi connectivity index (χ0v) is 13.7. The minimum Gasteiger partial charge on any atom is -0.393 e. The first-order valence-corrected chi connectivity index (χ1v) is 7.96. The lowest BCUT2D eigenvalue weighted by molar-refractivity contribution is -0.126. The van der Waals surface area contributed by atoms with Crippen LogP contribution < -0.4 is 5.32 Å². The van der Waals surface area contributed by atoms with Crippen molar-refractivity contribution in [2.24, 2.45) is 11.8 Å². The number of carbonyl (C=O) groups excluding carboxylic acids is 1. The van der Waals surface area contributed by atoms with E-state index in [9.17, 15) is 9.90 Å². The summed E-state index contributed by atoms with van der Waals surface area (Å²) in [5.41, 5.74) is 1.16. The Kier molecular flexibility index (Phi) is 7.44. The van der Waals surface area contributed by atoms with Crippen LogP contribution in [-0.2, 0) is 4.79 Å². The van der Waals surface area contributed by atoms with Gasteiger partial charge < -0.3 is 10.4 Å². The predicted octanol–water partition coefficient (Wildman–Crippen LogP) is 3.34. The van der Waals surface area contributed by atoms with Gasteiger partial charge in [0.15, 0.2) is 0 Å². The highest BCUT2D eigenvalue weighted by Crippen LogP contribution is 2.21. The van der Waals surface area contributed by atoms with Crippen LogP contribution in [0.4, 0.5) is 0 Å². The number of benzene rings is 1. The Morgan fingerprint density at radius 1 is 1.19 bits per heavy atom. The van der Waals surface area contributed by atoms with Crippen LogP contribution in [0.2, 0.25) is 0 Å². The molecule has 1 aromatic carbocycles. The lowest BCUT2D eigenvalue weighted by Gasteiger charge is -2.22. The summed E-state index contributed by atoms with van der Waals surface area (Å²) in [4.78, 5) is 12.2. The molecule has 1 aromatic rings. The average Bonchev–Trinajstić information content (AvgIpc) is 2.50. The number of rotatable bonds is 8. The van der Waals surface area contributed by atoms with Gasteiger partial charge in [-0.05, 0) is 24.8 Å². The smallest absolute Gasteiger partial charge is 0.223 e. The van der Waals surface area contributed by atoms with Crippen LogP contribution in [0.15, 0.2) is 30.3 Å². The van der Waals surface area contributed by atoms with Gasteiger partial charge in [0.05, 0.1) is 6.10 Å². The predicted molar refractivity (Wildman–Crippen MR) is 87.1 cm³/mol. The quantitative estimate of drug-likeness (QED) is 0.772. The largest absolute Gasteiger partial charge is 0.393 e. The first kappa shape index (κ1) is 17.7. The van der Waals surface area contributed by atoms with E-state index in [0.29, 0.717) is 18.9 Å². The SMILES string of the molecule is CCC(C)C(C)C(=O)NCC(CC(C)O)c1ccccc1. The van der Waals surface area contributed by atoms with E-state index in [2.05, 4.69) is 31.3 Å². The highest BCUT2D eigenvalue weighted by molar-refractivity contribution is 5.78. The Labute approximate surface area is 128 Å². The zero-order valence-electron chi connectivity index (χ0n) is 13.7. The number of nitrogens with one attached hydrogen (secondary N) is 1. The molecule has 3 heteroatoms. The van der Waals surface area contributed by atoms with Crippen molar-refractivity contribution in [1.82, 2.24) is 5.32 Å². The topological polar surface area (TPSA) is 49.3 Å². The molecule has 21 heavy (non-hydrogen) atoms. The third-order valence-corrected chi connectivity index (χ3v) is 4.33. The van der Waals surface area contributed by atoms with E-state index < -0.39 is 0 Å². The maximum Gasteiger partial charge on any atom is 0.223 e. The molecule has 118 valence electrons. The van der Waals surface area contributed by atoms with Gasteiger partial charge in [-0.1, -0.05) is 57.5 Å². The van der Waals surface area contributed by atoms with E-state index in [-0.39, 0.29) is 23.8 Å². The van der Waals surface area contributed by atoms with Gasteiger partial charge in [0.1, 0.15) is 0 Å². The van der Waals surface area contributed by atoms with Gasteiger partial charge in [-0.15, -0.1) is 0 Å². The summed E-state index contributed by atoms with van der Waals surface area (Å²) in [6, 6.07) is 10.1. The first-order valence-electron chi connectivity index (χ1n) is 7.96. The van der Waals surface area contributed by atoms with Crippen molar-refractivity contribution in [1.29, 1.82) is 0 Å². The Bertz CT molecular complexity index is 416. The average molecular weight is 291 g/mol. The molecule has 0 radical (unpaired) electrons. The molecule has 0 aliphatic heterocycles. The summed E-state index contributed by atoms with van der Waals surface area (Å²) in [5, 5.41) is 12.7. The fourth-order valence-electron chi connectivity index (χ4n) is 2.47. The molecule has 4 atom stereocenters. The van der Waals surface area contributed by atoms with E-state index in [1.165, 1.54) is 0 Å². The van der Waals surface area contributed by atoms with E-state index in [1.54, 1.807) is 6.92 Å². The number of amides is 1. The van der Waals surface area contributed by atoms with E-state index in [1.807, 2.05) is 25.1 Å². The van der Waals surface area contributed by atoms with Crippen LogP contribution in [0.5, 0.6) is 0 Å². The lowest BCUT2D eigenvalue weighted by atomic mass is 9.91. The van der Waals surface area contributed by atoms with Crippen LogP contribution in [0.25, 0.3) is 0 Å². The summed E-state index contributed by atoms with van der Waals surface area (Å²) < 4.78 is 0. The van der Waals surface area contributed by atoms with E-state index in [4.69, 9.17) is 0 Å². The third-order valence-electron chi connectivity index (χ3n) is 4.33. The third kappa shape index (κ3) is 5.88. The molecule has 3 nitrogen and oxygen atoms in total. The summed E-state index contributed by atoms with van der Waals surface area (Å²) in [6.45, 7) is 8.56. The summed E-state index contributed by atoms with van der Waals surface area (Å²) >= 11 is 0. The van der Waals surface area contributed by atoms with Crippen molar-refractivity contribution < 1.29 is 9.90 Å². The number of aliphatic hydroxyl groups is 1. The number of aliphatic hydroxyl groups excluding tert-OH is 1. The molecule has 0 spiro atoms. The molecule has 0 saturated carbocycles. The fourth-order valence-corrected chi connectivity index (χ4v) is 2.47. The Morgan fingerprint density at radius 3 is 2.33 bits per heavy atom. The van der Waals surface area contributed by atoms with Crippen molar-refractivity contribution in [2.45, 2.75) is 52.6 Å². The number of hydrogen-bond donors (Lipinski definition) is 2. The van der Waals surface area contributed by atoms with Gasteiger partial charge >= 0.3 is 0 Å². The molecule has 0 aliphatic rings. The molecular formula is C18H29NO2. The van der Waals surface area contributed by atoms with Crippen LogP contribution in [0.3, 0.4) is 0 Å². The molecule has 0 aromatic heterocycles. The summed E-state index contributed by atoms with van der Waals surface area (Å²) in [7, 11) is 0. The molecular weight excluding hydrogens is 262 g/mol. The standard InChI is InChI=1S/C18H29NO2/c1-5-13(2)15(4)18(21)19-12-17(11-14(3)20)16-9-7-6-8-10-16/h6-10,13-15,17,20H,5,11-12H2,1-4H3,(H,19,21). The van der Waals surface area contributed by atoms with Gasteiger partial charge in [-0.3, -0.25) is 4.79 Å². The number of hydrogen-bond acceptors (Lipinski definition) is 2. The van der Waals surface area contributed by atoms with Gasteiger partial charge in [-0.25, -0.2) is 0 Å². The van der Waals surface area contributed by atoms with Crippen molar-refractivity contribution in [3.63, 3.8) is 0 Å². The highest BCUT2D eigenvalue weighted by Gasteiger charge is 2.21. The fraction of sp³-hybridized carbons (Fsp3) is 0.611. The second kappa shape index (κ2) is 8.83. The zero-order chi connectivity index (χ0) is 15.8. The van der Waals surface area contributed by atoms with Crippen molar-refractivity contribution in [3.8, 4) is 0 Å². The van der Waals surface area contributed by atoms with Gasteiger partial charge in [0, 0.05) is 18.4 Å². The van der Waals surface area contributed by atoms with E-state index in [0.717, 1.165) is 12.0 Å². The first-order chi connectivity index (χ1) is 9.95. The van der Waals surface area contributed by atoms with E-state index >= 15 is 0 Å². The maximum absolute atomic E-state index is 12.2. The number of carbonyl (C=O) groups is 1. The van der Waals surface area contributed by atoms with Crippen molar-refractivity contribution in [2.75, 3.05) is 6.54 Å². The second-order valence-electron chi connectivity index (χ2n) is 6.11. The highest BCUT2D eigenvalue weighted by atomic mass is 16.3. The minimum absolute atomic E-state index is 0.0259. The monoisotopic (exact) mass is 291 g/mol. The van der Waals surface area contributed by atoms with Crippen molar-refractivity contribution in [3.05, 3.63) is 35.9 Å². The second-order valence-corrected chi connectivity index (χ2v) is 6.11. The normalized spacial score (nSPS) is 16.8. The minimum atomic E-state index is -0.376. The molecule has 4 unspecified atom stereocenters. The summed E-state index contributed by atoms with van der Waals surface area (Å²) in [5.74, 6) is 0.671. The van der Waals surface area contributed by atoms with Crippen LogP contribution >= 0.6 is 0 Å². The Balaban J connectivity index is 2.64. The van der Waals surface area contributed by atoms with Crippen LogP contribution in [0.1, 0.15) is 52.0 Å². The van der Waals surface area contributed by atoms with Crippen molar-refractivity contribution >= 4 is 5.91 Å². The maximum atomic E-state index is 12.2. The molecule has 2 N–H and O–H groups in total. The van der Waals surface area contributed by atoms with Crippen LogP contribution in [-0.4, -0.2) is 23.7 Å². The lowest BCUT2D eigenvalue weighted by Crippen LogP contribution is -2.35. The molecule has 0 saturated heterocycles. The Hall–Kier alpha value is -1.35. The van der Waals surface area contributed by atoms with Gasteiger partial charge in [-0.2, -0.15) is 0 Å².